The molecule has 1 aromatic rings. The second-order valence-electron chi connectivity index (χ2n) is 6.02. The molecule has 1 aliphatic heterocycles. The van der Waals surface area contributed by atoms with E-state index in [4.69, 9.17) is 16.5 Å². The lowest BCUT2D eigenvalue weighted by Crippen LogP contribution is -2.52. The van der Waals surface area contributed by atoms with Crippen LogP contribution in [0.1, 0.15) is 44.7 Å². The maximum Gasteiger partial charge on any atom is 0.211 e. The number of rotatable bonds is 5. The maximum atomic E-state index is 6.64. The van der Waals surface area contributed by atoms with Gasteiger partial charge in [0, 0.05) is 30.0 Å². The van der Waals surface area contributed by atoms with Gasteiger partial charge in [0.2, 0.25) is 5.79 Å². The smallest absolute Gasteiger partial charge is 0.211 e. The van der Waals surface area contributed by atoms with E-state index in [-0.39, 0.29) is 0 Å². The second kappa shape index (κ2) is 7.04. The van der Waals surface area contributed by atoms with Gasteiger partial charge in [0.05, 0.1) is 0 Å². The third-order valence-corrected chi connectivity index (χ3v) is 4.27. The van der Waals surface area contributed by atoms with Crippen LogP contribution in [0, 0.1) is 6.92 Å². The van der Waals surface area contributed by atoms with Gasteiger partial charge >= 0.3 is 0 Å². The number of nitrogens with two attached hydrogens (primary N) is 2. The number of aliphatic imine (C=N–C) groups is 1. The van der Waals surface area contributed by atoms with Crippen molar-refractivity contribution >= 4 is 11.5 Å². The Kier molecular flexibility index (Phi) is 5.31. The van der Waals surface area contributed by atoms with E-state index in [1.54, 1.807) is 0 Å². The minimum Gasteiger partial charge on any atom is -0.399 e. The number of hydrogen-bond donors (Lipinski definition) is 3. The van der Waals surface area contributed by atoms with Gasteiger partial charge < -0.3 is 16.0 Å². The molecule has 0 fully saturated rings. The first-order valence-corrected chi connectivity index (χ1v) is 8.42. The number of nitrogen functional groups attached to an aromatic ring is 1. The molecule has 1 aromatic carbocycles. The van der Waals surface area contributed by atoms with E-state index < -0.39 is 5.79 Å². The molecule has 126 valence electrons. The standard InChI is InChI=1S/C18H29N5/c1-5-8-15-12-17(23(6-2)7-3)22-18(20,21-15)14-10-9-13(4)16(19)11-14/h9-12,21H,5-8,19-20H2,1-4H3. The van der Waals surface area contributed by atoms with E-state index in [1.165, 1.54) is 0 Å². The van der Waals surface area contributed by atoms with Gasteiger partial charge in [0.25, 0.3) is 0 Å². The van der Waals surface area contributed by atoms with Crippen LogP contribution < -0.4 is 16.8 Å². The van der Waals surface area contributed by atoms with E-state index in [9.17, 15) is 0 Å². The van der Waals surface area contributed by atoms with Crippen molar-refractivity contribution in [1.29, 1.82) is 0 Å². The summed E-state index contributed by atoms with van der Waals surface area (Å²) in [6, 6.07) is 5.91. The van der Waals surface area contributed by atoms with Crippen molar-refractivity contribution in [3.8, 4) is 0 Å². The minimum absolute atomic E-state index is 0.736. The molecule has 0 amide bonds. The van der Waals surface area contributed by atoms with Crippen LogP contribution in [0.4, 0.5) is 5.69 Å². The summed E-state index contributed by atoms with van der Waals surface area (Å²) < 4.78 is 0. The zero-order chi connectivity index (χ0) is 17.0. The number of hydrogen-bond acceptors (Lipinski definition) is 5. The molecule has 0 saturated carbocycles. The molecule has 0 bridgehead atoms. The monoisotopic (exact) mass is 315 g/mol. The predicted molar refractivity (Wildman–Crippen MR) is 97.9 cm³/mol. The summed E-state index contributed by atoms with van der Waals surface area (Å²) in [5, 5.41) is 3.40. The number of anilines is 1. The zero-order valence-electron chi connectivity index (χ0n) is 14.7. The average Bonchev–Trinajstić information content (AvgIpc) is 2.51. The highest BCUT2D eigenvalue weighted by molar-refractivity contribution is 5.94. The van der Waals surface area contributed by atoms with E-state index in [0.29, 0.717) is 0 Å². The van der Waals surface area contributed by atoms with Crippen LogP contribution >= 0.6 is 0 Å². The van der Waals surface area contributed by atoms with Gasteiger partial charge in [-0.15, -0.1) is 0 Å². The van der Waals surface area contributed by atoms with Gasteiger partial charge in [0.1, 0.15) is 5.84 Å². The number of likely N-dealkylation sites (N-methyl/N-ethyl adjacent to an activating group) is 1. The third-order valence-electron chi connectivity index (χ3n) is 4.27. The lowest BCUT2D eigenvalue weighted by atomic mass is 10.0. The Labute approximate surface area is 139 Å². The van der Waals surface area contributed by atoms with E-state index in [2.05, 4.69) is 37.1 Å². The van der Waals surface area contributed by atoms with Gasteiger partial charge in [-0.05, 0) is 44.9 Å². The van der Waals surface area contributed by atoms with Crippen LogP contribution in [-0.2, 0) is 5.79 Å². The highest BCUT2D eigenvalue weighted by Gasteiger charge is 2.32. The van der Waals surface area contributed by atoms with Gasteiger partial charge in [-0.1, -0.05) is 25.5 Å². The van der Waals surface area contributed by atoms with Crippen LogP contribution in [0.5, 0.6) is 0 Å². The number of nitrogens with zero attached hydrogens (tertiary/aromatic N) is 2. The first-order chi connectivity index (χ1) is 10.9. The summed E-state index contributed by atoms with van der Waals surface area (Å²) >= 11 is 0. The summed E-state index contributed by atoms with van der Waals surface area (Å²) in [4.78, 5) is 7.02. The number of allylic oxidation sites excluding steroid dienone is 1. The van der Waals surface area contributed by atoms with E-state index in [0.717, 1.165) is 54.3 Å². The molecule has 1 unspecified atom stereocenters. The number of aryl methyl sites for hydroxylation is 1. The fourth-order valence-corrected chi connectivity index (χ4v) is 2.81. The first-order valence-electron chi connectivity index (χ1n) is 8.42. The van der Waals surface area contributed by atoms with Crippen molar-refractivity contribution in [2.75, 3.05) is 18.8 Å². The Hall–Kier alpha value is -2.01. The summed E-state index contributed by atoms with van der Waals surface area (Å²) in [5.74, 6) is -0.0437. The molecule has 2 rings (SSSR count). The SMILES string of the molecule is CCCC1=CC(N(CC)CC)=NC(N)(c2ccc(C)c(N)c2)N1. The highest BCUT2D eigenvalue weighted by Crippen LogP contribution is 2.27. The Morgan fingerprint density at radius 3 is 2.48 bits per heavy atom. The van der Waals surface area contributed by atoms with E-state index >= 15 is 0 Å². The Morgan fingerprint density at radius 1 is 1.22 bits per heavy atom. The fourth-order valence-electron chi connectivity index (χ4n) is 2.81. The Balaban J connectivity index is 2.47. The molecule has 1 atom stereocenters. The highest BCUT2D eigenvalue weighted by atomic mass is 15.3. The molecule has 23 heavy (non-hydrogen) atoms. The van der Waals surface area contributed by atoms with Crippen LogP contribution in [0.3, 0.4) is 0 Å². The van der Waals surface area contributed by atoms with Crippen molar-refractivity contribution in [3.05, 3.63) is 41.1 Å². The summed E-state index contributed by atoms with van der Waals surface area (Å²) in [6.07, 6.45) is 4.11. The van der Waals surface area contributed by atoms with Crippen LogP contribution in [0.15, 0.2) is 35.0 Å². The molecule has 5 N–H and O–H groups in total. The normalized spacial score (nSPS) is 20.6. The lowest BCUT2D eigenvalue weighted by molar-refractivity contribution is 0.367. The molecule has 1 aliphatic rings. The summed E-state index contributed by atoms with van der Waals surface area (Å²) in [6.45, 7) is 10.2. The fraction of sp³-hybridized carbons (Fsp3) is 0.500. The van der Waals surface area contributed by atoms with Crippen molar-refractivity contribution in [2.45, 2.75) is 46.3 Å². The van der Waals surface area contributed by atoms with Crippen LogP contribution in [0.25, 0.3) is 0 Å². The third kappa shape index (κ3) is 3.67. The first kappa shape index (κ1) is 17.3. The Morgan fingerprint density at radius 2 is 1.91 bits per heavy atom. The molecule has 1 heterocycles. The molecule has 0 radical (unpaired) electrons. The van der Waals surface area contributed by atoms with Gasteiger partial charge in [-0.2, -0.15) is 0 Å². The quantitative estimate of drug-likeness (QED) is 0.730. The lowest BCUT2D eigenvalue weighted by Gasteiger charge is -2.36. The minimum atomic E-state index is -0.973. The zero-order valence-corrected chi connectivity index (χ0v) is 14.7. The molecule has 0 aliphatic carbocycles. The van der Waals surface area contributed by atoms with E-state index in [1.807, 2.05) is 25.1 Å². The Bertz CT molecular complexity index is 616. The van der Waals surface area contributed by atoms with Crippen molar-refractivity contribution < 1.29 is 0 Å². The number of amidine groups is 1. The molecular weight excluding hydrogens is 286 g/mol. The topological polar surface area (TPSA) is 79.7 Å². The predicted octanol–water partition coefficient (Wildman–Crippen LogP) is 2.67. The van der Waals surface area contributed by atoms with Crippen molar-refractivity contribution in [3.63, 3.8) is 0 Å². The number of benzene rings is 1. The molecule has 0 aromatic heterocycles. The van der Waals surface area contributed by atoms with Gasteiger partial charge in [-0.3, -0.25) is 5.73 Å². The average molecular weight is 315 g/mol. The van der Waals surface area contributed by atoms with Crippen molar-refractivity contribution in [2.24, 2.45) is 10.7 Å². The van der Waals surface area contributed by atoms with Gasteiger partial charge in [0.15, 0.2) is 0 Å². The summed E-state index contributed by atoms with van der Waals surface area (Å²) in [5.41, 5.74) is 16.5. The number of nitrogens with one attached hydrogen (secondary N) is 1. The maximum absolute atomic E-state index is 6.64. The molecule has 5 nitrogen and oxygen atoms in total. The molecule has 0 spiro atoms. The van der Waals surface area contributed by atoms with Crippen LogP contribution in [-0.4, -0.2) is 23.8 Å². The van der Waals surface area contributed by atoms with Crippen molar-refractivity contribution in [1.82, 2.24) is 10.2 Å². The molecular formula is C18H29N5. The molecule has 0 saturated heterocycles. The second-order valence-corrected chi connectivity index (χ2v) is 6.02. The molecule has 5 heteroatoms. The van der Waals surface area contributed by atoms with Gasteiger partial charge in [-0.25, -0.2) is 4.99 Å². The largest absolute Gasteiger partial charge is 0.399 e. The summed E-state index contributed by atoms with van der Waals surface area (Å²) in [7, 11) is 0. The van der Waals surface area contributed by atoms with Crippen LogP contribution in [0.2, 0.25) is 0 Å².